The minimum Gasteiger partial charge on any atom is -0.379 e. The number of fused-ring (bicyclic) bond motifs is 1. The van der Waals surface area contributed by atoms with Crippen molar-refractivity contribution in [3.63, 3.8) is 0 Å². The van der Waals surface area contributed by atoms with Crippen molar-refractivity contribution in [3.05, 3.63) is 40.1 Å². The molecule has 1 N–H and O–H groups in total. The van der Waals surface area contributed by atoms with Crippen LogP contribution in [0.15, 0.2) is 24.4 Å². The molecule has 1 aliphatic heterocycles. The monoisotopic (exact) mass is 287 g/mol. The summed E-state index contributed by atoms with van der Waals surface area (Å²) < 4.78 is 5.44. The largest absolute Gasteiger partial charge is 0.379 e. The maximum Gasteiger partial charge on any atom is 0.311 e. The SMILES string of the molecule is Cc1ccc2ncc([N+](=O)[O-])c(NC3CCCOC3)c2c1. The third kappa shape index (κ3) is 2.80. The lowest BCUT2D eigenvalue weighted by atomic mass is 10.1. The maximum absolute atomic E-state index is 11.3. The van der Waals surface area contributed by atoms with Gasteiger partial charge in [0.1, 0.15) is 11.9 Å². The summed E-state index contributed by atoms with van der Waals surface area (Å²) in [4.78, 5) is 15.1. The van der Waals surface area contributed by atoms with Gasteiger partial charge in [0.15, 0.2) is 0 Å². The zero-order chi connectivity index (χ0) is 14.8. The van der Waals surface area contributed by atoms with E-state index in [2.05, 4.69) is 10.3 Å². The second-order valence-corrected chi connectivity index (χ2v) is 5.35. The molecule has 2 heterocycles. The highest BCUT2D eigenvalue weighted by Gasteiger charge is 2.22. The molecular weight excluding hydrogens is 270 g/mol. The number of nitro groups is 1. The summed E-state index contributed by atoms with van der Waals surface area (Å²) in [5.41, 5.74) is 2.36. The second-order valence-electron chi connectivity index (χ2n) is 5.35. The molecule has 6 nitrogen and oxygen atoms in total. The van der Waals surface area contributed by atoms with Gasteiger partial charge in [-0.25, -0.2) is 4.98 Å². The Balaban J connectivity index is 2.08. The van der Waals surface area contributed by atoms with E-state index >= 15 is 0 Å². The van der Waals surface area contributed by atoms with Crippen LogP contribution >= 0.6 is 0 Å². The Morgan fingerprint density at radius 1 is 1.48 bits per heavy atom. The van der Waals surface area contributed by atoms with Crippen LogP contribution in [0, 0.1) is 17.0 Å². The number of ether oxygens (including phenoxy) is 1. The standard InChI is InChI=1S/C15H17N3O3/c1-10-4-5-13-12(7-10)15(14(8-16-13)18(19)20)17-11-3-2-6-21-9-11/h4-5,7-8,11H,2-3,6,9H2,1H3,(H,16,17). The molecule has 2 aromatic rings. The van der Waals surface area contributed by atoms with Crippen molar-refractivity contribution in [2.24, 2.45) is 0 Å². The molecule has 1 aromatic heterocycles. The van der Waals surface area contributed by atoms with Crippen LogP contribution in [-0.4, -0.2) is 29.2 Å². The maximum atomic E-state index is 11.3. The van der Waals surface area contributed by atoms with Crippen molar-refractivity contribution >= 4 is 22.3 Å². The molecular formula is C15H17N3O3. The summed E-state index contributed by atoms with van der Waals surface area (Å²) >= 11 is 0. The molecule has 1 aromatic carbocycles. The molecule has 0 aliphatic carbocycles. The van der Waals surface area contributed by atoms with E-state index in [0.717, 1.165) is 35.9 Å². The van der Waals surface area contributed by atoms with Crippen LogP contribution in [0.1, 0.15) is 18.4 Å². The molecule has 1 unspecified atom stereocenters. The number of hydrogen-bond acceptors (Lipinski definition) is 5. The number of rotatable bonds is 3. The van der Waals surface area contributed by atoms with Gasteiger partial charge >= 0.3 is 5.69 Å². The molecule has 1 saturated heterocycles. The Morgan fingerprint density at radius 3 is 3.05 bits per heavy atom. The molecule has 0 saturated carbocycles. The lowest BCUT2D eigenvalue weighted by molar-refractivity contribution is -0.384. The van der Waals surface area contributed by atoms with Gasteiger partial charge < -0.3 is 10.1 Å². The van der Waals surface area contributed by atoms with Gasteiger partial charge in [0.25, 0.3) is 0 Å². The average molecular weight is 287 g/mol. The quantitative estimate of drug-likeness (QED) is 0.693. The molecule has 6 heteroatoms. The molecule has 21 heavy (non-hydrogen) atoms. The molecule has 1 fully saturated rings. The summed E-state index contributed by atoms with van der Waals surface area (Å²) in [6.07, 6.45) is 3.24. The Bertz CT molecular complexity index is 681. The number of aromatic nitrogens is 1. The molecule has 1 aliphatic rings. The van der Waals surface area contributed by atoms with Crippen LogP contribution in [0.3, 0.4) is 0 Å². The first-order valence-corrected chi connectivity index (χ1v) is 7.03. The van der Waals surface area contributed by atoms with Crippen molar-refractivity contribution in [1.82, 2.24) is 4.98 Å². The van der Waals surface area contributed by atoms with Gasteiger partial charge in [0.2, 0.25) is 0 Å². The van der Waals surface area contributed by atoms with Crippen LogP contribution in [0.4, 0.5) is 11.4 Å². The molecule has 1 atom stereocenters. The first-order valence-electron chi connectivity index (χ1n) is 7.03. The fourth-order valence-electron chi connectivity index (χ4n) is 2.64. The summed E-state index contributed by atoms with van der Waals surface area (Å²) in [5.74, 6) is 0. The molecule has 110 valence electrons. The predicted molar refractivity (Wildman–Crippen MR) is 80.6 cm³/mol. The fraction of sp³-hybridized carbons (Fsp3) is 0.400. The van der Waals surface area contributed by atoms with Gasteiger partial charge in [-0.2, -0.15) is 0 Å². The molecule has 0 bridgehead atoms. The number of aryl methyl sites for hydroxylation is 1. The van der Waals surface area contributed by atoms with Gasteiger partial charge in [-0.3, -0.25) is 10.1 Å². The first kappa shape index (κ1) is 13.8. The number of nitrogens with zero attached hydrogens (tertiary/aromatic N) is 2. The van der Waals surface area contributed by atoms with Gasteiger partial charge in [-0.05, 0) is 31.9 Å². The Hall–Kier alpha value is -2.21. The van der Waals surface area contributed by atoms with E-state index in [-0.39, 0.29) is 16.7 Å². The Labute approximate surface area is 122 Å². The number of nitrogens with one attached hydrogen (secondary N) is 1. The Morgan fingerprint density at radius 2 is 2.33 bits per heavy atom. The van der Waals surface area contributed by atoms with Gasteiger partial charge in [-0.1, -0.05) is 11.6 Å². The number of benzene rings is 1. The van der Waals surface area contributed by atoms with Crippen molar-refractivity contribution in [1.29, 1.82) is 0 Å². The van der Waals surface area contributed by atoms with E-state index in [1.807, 2.05) is 25.1 Å². The minimum absolute atomic E-state index is 0.0127. The smallest absolute Gasteiger partial charge is 0.311 e. The fourth-order valence-corrected chi connectivity index (χ4v) is 2.64. The number of pyridine rings is 1. The number of anilines is 1. The van der Waals surface area contributed by atoms with Crippen molar-refractivity contribution < 1.29 is 9.66 Å². The van der Waals surface area contributed by atoms with E-state index in [1.165, 1.54) is 6.20 Å². The summed E-state index contributed by atoms with van der Waals surface area (Å²) in [7, 11) is 0. The van der Waals surface area contributed by atoms with Crippen LogP contribution in [-0.2, 0) is 4.74 Å². The van der Waals surface area contributed by atoms with Crippen molar-refractivity contribution in [2.75, 3.05) is 18.5 Å². The molecule has 0 amide bonds. The van der Waals surface area contributed by atoms with Crippen LogP contribution < -0.4 is 5.32 Å². The van der Waals surface area contributed by atoms with E-state index < -0.39 is 0 Å². The van der Waals surface area contributed by atoms with Crippen molar-refractivity contribution in [2.45, 2.75) is 25.8 Å². The van der Waals surface area contributed by atoms with E-state index in [4.69, 9.17) is 4.74 Å². The van der Waals surface area contributed by atoms with Crippen LogP contribution in [0.5, 0.6) is 0 Å². The van der Waals surface area contributed by atoms with E-state index in [9.17, 15) is 10.1 Å². The third-order valence-electron chi connectivity index (χ3n) is 3.71. The highest BCUT2D eigenvalue weighted by molar-refractivity contribution is 5.96. The average Bonchev–Trinajstić information content (AvgIpc) is 2.48. The van der Waals surface area contributed by atoms with Gasteiger partial charge in [0, 0.05) is 18.0 Å². The lowest BCUT2D eigenvalue weighted by Crippen LogP contribution is -2.30. The van der Waals surface area contributed by atoms with Gasteiger partial charge in [0.05, 0.1) is 17.0 Å². The van der Waals surface area contributed by atoms with E-state index in [1.54, 1.807) is 0 Å². The topological polar surface area (TPSA) is 77.3 Å². The summed E-state index contributed by atoms with van der Waals surface area (Å²) in [6.45, 7) is 3.30. The molecule has 0 radical (unpaired) electrons. The van der Waals surface area contributed by atoms with Gasteiger partial charge in [-0.15, -0.1) is 0 Å². The number of hydrogen-bond donors (Lipinski definition) is 1. The molecule has 0 spiro atoms. The van der Waals surface area contributed by atoms with Crippen LogP contribution in [0.25, 0.3) is 10.9 Å². The van der Waals surface area contributed by atoms with E-state index in [0.29, 0.717) is 12.3 Å². The highest BCUT2D eigenvalue weighted by atomic mass is 16.6. The van der Waals surface area contributed by atoms with Crippen molar-refractivity contribution in [3.8, 4) is 0 Å². The normalized spacial score (nSPS) is 18.6. The lowest BCUT2D eigenvalue weighted by Gasteiger charge is -2.24. The minimum atomic E-state index is -0.388. The predicted octanol–water partition coefficient (Wildman–Crippen LogP) is 3.04. The zero-order valence-corrected chi connectivity index (χ0v) is 11.8. The van der Waals surface area contributed by atoms with Crippen LogP contribution in [0.2, 0.25) is 0 Å². The first-order chi connectivity index (χ1) is 10.1. The summed E-state index contributed by atoms with van der Waals surface area (Å²) in [6, 6.07) is 5.87. The summed E-state index contributed by atoms with van der Waals surface area (Å²) in [5, 5.41) is 15.4. The highest BCUT2D eigenvalue weighted by Crippen LogP contribution is 2.33. The third-order valence-corrected chi connectivity index (χ3v) is 3.71. The zero-order valence-electron chi connectivity index (χ0n) is 11.8. The molecule has 3 rings (SSSR count). The second kappa shape index (κ2) is 5.65. The Kier molecular flexibility index (Phi) is 3.70.